The van der Waals surface area contributed by atoms with Crippen molar-refractivity contribution in [3.63, 3.8) is 0 Å². The first kappa shape index (κ1) is 10.5. The summed E-state index contributed by atoms with van der Waals surface area (Å²) >= 11 is 0. The van der Waals surface area contributed by atoms with E-state index < -0.39 is 0 Å². The second kappa shape index (κ2) is 4.29. The van der Waals surface area contributed by atoms with Crippen LogP contribution in [-0.2, 0) is 7.05 Å². The van der Waals surface area contributed by atoms with Crippen LogP contribution in [0.15, 0.2) is 16.9 Å². The third kappa shape index (κ3) is 2.08. The number of hydrogen-bond donors (Lipinski definition) is 1. The van der Waals surface area contributed by atoms with Crippen LogP contribution in [0, 0.1) is 0 Å². The van der Waals surface area contributed by atoms with E-state index in [4.69, 9.17) is 4.52 Å². The first-order valence-electron chi connectivity index (χ1n) is 5.89. The molecule has 0 radical (unpaired) electrons. The number of nitrogens with zero attached hydrogens (tertiary/aromatic N) is 4. The molecular formula is C11H15N5O. The summed E-state index contributed by atoms with van der Waals surface area (Å²) in [5.74, 6) is 1.30. The van der Waals surface area contributed by atoms with Crippen LogP contribution in [0.25, 0.3) is 11.4 Å². The minimum Gasteiger partial charge on any atom is -0.337 e. The Morgan fingerprint density at radius 1 is 1.47 bits per heavy atom. The minimum absolute atomic E-state index is 0.210. The first-order chi connectivity index (χ1) is 8.33. The number of rotatable bonds is 2. The number of piperidine rings is 1. The van der Waals surface area contributed by atoms with Crippen molar-refractivity contribution in [2.45, 2.75) is 25.3 Å². The maximum atomic E-state index is 5.31. The Kier molecular flexibility index (Phi) is 2.64. The van der Waals surface area contributed by atoms with Gasteiger partial charge in [0.15, 0.2) is 0 Å². The molecule has 2 aromatic heterocycles. The smallest absolute Gasteiger partial charge is 0.244 e. The average Bonchev–Trinajstić information content (AvgIpc) is 2.98. The highest BCUT2D eigenvalue weighted by Gasteiger charge is 2.21. The molecule has 0 bridgehead atoms. The molecule has 6 heteroatoms. The Morgan fingerprint density at radius 3 is 3.12 bits per heavy atom. The minimum atomic E-state index is 0.210. The second-order valence-corrected chi connectivity index (χ2v) is 4.36. The lowest BCUT2D eigenvalue weighted by atomic mass is 10.1. The van der Waals surface area contributed by atoms with Crippen molar-refractivity contribution in [1.29, 1.82) is 0 Å². The van der Waals surface area contributed by atoms with Gasteiger partial charge in [0.2, 0.25) is 11.7 Å². The fraction of sp³-hybridized carbons (Fsp3) is 0.545. The van der Waals surface area contributed by atoms with E-state index in [1.807, 2.05) is 13.2 Å². The summed E-state index contributed by atoms with van der Waals surface area (Å²) in [6, 6.07) is 0.210. The first-order valence-corrected chi connectivity index (χ1v) is 5.89. The Hall–Kier alpha value is -1.69. The van der Waals surface area contributed by atoms with Crippen molar-refractivity contribution in [2.24, 2.45) is 7.05 Å². The lowest BCUT2D eigenvalue weighted by Crippen LogP contribution is -2.26. The number of nitrogens with one attached hydrogen (secondary N) is 1. The lowest BCUT2D eigenvalue weighted by molar-refractivity contribution is 0.297. The van der Waals surface area contributed by atoms with E-state index in [1.54, 1.807) is 10.9 Å². The quantitative estimate of drug-likeness (QED) is 0.846. The highest BCUT2D eigenvalue weighted by Crippen LogP contribution is 2.23. The summed E-state index contributed by atoms with van der Waals surface area (Å²) in [5.41, 5.74) is 0.887. The van der Waals surface area contributed by atoms with Crippen molar-refractivity contribution >= 4 is 0 Å². The molecular weight excluding hydrogens is 218 g/mol. The highest BCUT2D eigenvalue weighted by molar-refractivity contribution is 5.51. The fourth-order valence-corrected chi connectivity index (χ4v) is 2.09. The molecule has 6 nitrogen and oxygen atoms in total. The molecule has 0 unspecified atom stereocenters. The van der Waals surface area contributed by atoms with Gasteiger partial charge in [0.1, 0.15) is 0 Å². The van der Waals surface area contributed by atoms with Gasteiger partial charge in [-0.2, -0.15) is 10.1 Å². The van der Waals surface area contributed by atoms with E-state index in [2.05, 4.69) is 20.6 Å². The molecule has 17 heavy (non-hydrogen) atoms. The summed E-state index contributed by atoms with van der Waals surface area (Å²) in [6.45, 7) is 1.02. The largest absolute Gasteiger partial charge is 0.337 e. The van der Waals surface area contributed by atoms with Crippen LogP contribution < -0.4 is 5.32 Å². The monoisotopic (exact) mass is 233 g/mol. The topological polar surface area (TPSA) is 68.8 Å². The molecule has 1 saturated heterocycles. The van der Waals surface area contributed by atoms with Crippen molar-refractivity contribution in [2.75, 3.05) is 6.54 Å². The molecule has 3 rings (SSSR count). The zero-order valence-corrected chi connectivity index (χ0v) is 9.76. The summed E-state index contributed by atoms with van der Waals surface area (Å²) in [4.78, 5) is 4.42. The fourth-order valence-electron chi connectivity index (χ4n) is 2.09. The van der Waals surface area contributed by atoms with Crippen molar-refractivity contribution in [3.05, 3.63) is 18.3 Å². The predicted octanol–water partition coefficient (Wildman–Crippen LogP) is 1.28. The van der Waals surface area contributed by atoms with Crippen LogP contribution in [0.4, 0.5) is 0 Å². The van der Waals surface area contributed by atoms with Crippen LogP contribution in [-0.4, -0.2) is 26.5 Å². The molecule has 90 valence electrons. The number of hydrogen-bond acceptors (Lipinski definition) is 5. The van der Waals surface area contributed by atoms with Crippen molar-refractivity contribution < 1.29 is 4.52 Å². The van der Waals surface area contributed by atoms with Crippen LogP contribution in [0.3, 0.4) is 0 Å². The van der Waals surface area contributed by atoms with Gasteiger partial charge in [-0.25, -0.2) is 0 Å². The van der Waals surface area contributed by atoms with E-state index in [9.17, 15) is 0 Å². The van der Waals surface area contributed by atoms with Gasteiger partial charge in [-0.3, -0.25) is 4.68 Å². The Bertz CT molecular complexity index is 497. The zero-order valence-electron chi connectivity index (χ0n) is 9.76. The van der Waals surface area contributed by atoms with Gasteiger partial charge < -0.3 is 9.84 Å². The molecule has 1 fully saturated rings. The van der Waals surface area contributed by atoms with Gasteiger partial charge in [-0.1, -0.05) is 11.6 Å². The van der Waals surface area contributed by atoms with Gasteiger partial charge in [0, 0.05) is 13.2 Å². The van der Waals surface area contributed by atoms with Gasteiger partial charge in [-0.05, 0) is 19.4 Å². The Labute approximate surface area is 99.0 Å². The molecule has 3 heterocycles. The SMILES string of the molecule is Cn1cc(-c2noc([C@@H]3CCCCN3)n2)cn1. The number of aryl methyl sites for hydroxylation is 1. The zero-order chi connectivity index (χ0) is 11.7. The number of aromatic nitrogens is 4. The van der Waals surface area contributed by atoms with E-state index in [1.165, 1.54) is 12.8 Å². The standard InChI is InChI=1S/C11H15N5O/c1-16-7-8(6-13-16)10-14-11(17-15-10)9-4-2-3-5-12-9/h6-7,9,12H,2-5H2,1H3/t9-/m0/s1. The van der Waals surface area contributed by atoms with Gasteiger partial charge in [-0.15, -0.1) is 0 Å². The second-order valence-electron chi connectivity index (χ2n) is 4.36. The van der Waals surface area contributed by atoms with Crippen molar-refractivity contribution in [3.8, 4) is 11.4 Å². The van der Waals surface area contributed by atoms with E-state index in [0.717, 1.165) is 18.5 Å². The molecule has 0 aromatic carbocycles. The Balaban J connectivity index is 1.82. The average molecular weight is 233 g/mol. The van der Waals surface area contributed by atoms with Gasteiger partial charge in [0.05, 0.1) is 17.8 Å². The lowest BCUT2D eigenvalue weighted by Gasteiger charge is -2.19. The molecule has 1 atom stereocenters. The molecule has 0 amide bonds. The molecule has 0 saturated carbocycles. The normalized spacial score (nSPS) is 20.6. The molecule has 1 N–H and O–H groups in total. The van der Waals surface area contributed by atoms with E-state index >= 15 is 0 Å². The van der Waals surface area contributed by atoms with Crippen LogP contribution in [0.5, 0.6) is 0 Å². The van der Waals surface area contributed by atoms with Crippen LogP contribution >= 0.6 is 0 Å². The van der Waals surface area contributed by atoms with E-state index in [-0.39, 0.29) is 6.04 Å². The Morgan fingerprint density at radius 2 is 2.41 bits per heavy atom. The molecule has 0 aliphatic carbocycles. The molecule has 1 aliphatic heterocycles. The summed E-state index contributed by atoms with van der Waals surface area (Å²) in [7, 11) is 1.87. The molecule has 2 aromatic rings. The maximum Gasteiger partial charge on any atom is 0.244 e. The summed E-state index contributed by atoms with van der Waals surface area (Å²) in [5, 5.41) is 11.5. The van der Waals surface area contributed by atoms with E-state index in [0.29, 0.717) is 11.7 Å². The van der Waals surface area contributed by atoms with Crippen LogP contribution in [0.2, 0.25) is 0 Å². The molecule has 0 spiro atoms. The maximum absolute atomic E-state index is 5.31. The van der Waals surface area contributed by atoms with Gasteiger partial charge >= 0.3 is 0 Å². The predicted molar refractivity (Wildman–Crippen MR) is 61.1 cm³/mol. The molecule has 1 aliphatic rings. The third-order valence-electron chi connectivity index (χ3n) is 3.01. The van der Waals surface area contributed by atoms with Gasteiger partial charge in [0.25, 0.3) is 0 Å². The summed E-state index contributed by atoms with van der Waals surface area (Å²) < 4.78 is 7.03. The summed E-state index contributed by atoms with van der Waals surface area (Å²) in [6.07, 6.45) is 7.11. The van der Waals surface area contributed by atoms with Crippen molar-refractivity contribution in [1.82, 2.24) is 25.2 Å². The van der Waals surface area contributed by atoms with Crippen LogP contribution in [0.1, 0.15) is 31.2 Å². The highest BCUT2D eigenvalue weighted by atomic mass is 16.5. The third-order valence-corrected chi connectivity index (χ3v) is 3.01.